The molecule has 0 amide bonds. The highest BCUT2D eigenvalue weighted by molar-refractivity contribution is 5.84. The van der Waals surface area contributed by atoms with Gasteiger partial charge in [-0.15, -0.1) is 0 Å². The van der Waals surface area contributed by atoms with E-state index in [1.165, 1.54) is 32.1 Å². The van der Waals surface area contributed by atoms with E-state index in [4.69, 9.17) is 0 Å². The standard InChI is InChI=1S/C11H16O/c12-10-6-8-5-4-7-2-1-3-9(8)11(7)10/h7-9,11H,1-6H2. The second kappa shape index (κ2) is 2.34. The van der Waals surface area contributed by atoms with Crippen LogP contribution in [0.25, 0.3) is 0 Å². The van der Waals surface area contributed by atoms with Gasteiger partial charge in [0.15, 0.2) is 0 Å². The summed E-state index contributed by atoms with van der Waals surface area (Å²) in [5.41, 5.74) is 0. The molecule has 0 aromatic heterocycles. The fourth-order valence-electron chi connectivity index (χ4n) is 3.97. The van der Waals surface area contributed by atoms with Gasteiger partial charge >= 0.3 is 0 Å². The summed E-state index contributed by atoms with van der Waals surface area (Å²) in [5, 5.41) is 0. The van der Waals surface area contributed by atoms with E-state index < -0.39 is 0 Å². The number of carbonyl (C=O) groups is 1. The van der Waals surface area contributed by atoms with Gasteiger partial charge in [-0.25, -0.2) is 0 Å². The molecule has 0 aromatic carbocycles. The summed E-state index contributed by atoms with van der Waals surface area (Å²) in [5.74, 6) is 3.57. The minimum absolute atomic E-state index is 0.525. The lowest BCUT2D eigenvalue weighted by molar-refractivity contribution is -0.123. The van der Waals surface area contributed by atoms with E-state index in [2.05, 4.69) is 0 Å². The Morgan fingerprint density at radius 3 is 2.67 bits per heavy atom. The third-order valence-electron chi connectivity index (χ3n) is 4.43. The molecular formula is C11H16O. The highest BCUT2D eigenvalue weighted by Gasteiger charge is 2.50. The van der Waals surface area contributed by atoms with Crippen molar-refractivity contribution in [3.63, 3.8) is 0 Å². The first-order valence-electron chi connectivity index (χ1n) is 5.39. The number of ketones is 1. The molecular weight excluding hydrogens is 148 g/mol. The van der Waals surface area contributed by atoms with Crippen molar-refractivity contribution in [2.75, 3.05) is 0 Å². The van der Waals surface area contributed by atoms with Crippen LogP contribution in [0.1, 0.15) is 38.5 Å². The molecule has 4 unspecified atom stereocenters. The van der Waals surface area contributed by atoms with Gasteiger partial charge in [0, 0.05) is 12.3 Å². The maximum Gasteiger partial charge on any atom is 0.136 e. The molecule has 0 N–H and O–H groups in total. The zero-order chi connectivity index (χ0) is 8.13. The van der Waals surface area contributed by atoms with Gasteiger partial charge < -0.3 is 0 Å². The van der Waals surface area contributed by atoms with Crippen LogP contribution in [-0.4, -0.2) is 5.78 Å². The van der Waals surface area contributed by atoms with Gasteiger partial charge in [0.05, 0.1) is 0 Å². The van der Waals surface area contributed by atoms with E-state index in [0.29, 0.717) is 11.7 Å². The maximum absolute atomic E-state index is 11.7. The summed E-state index contributed by atoms with van der Waals surface area (Å²) < 4.78 is 0. The Balaban J connectivity index is 1.97. The van der Waals surface area contributed by atoms with Crippen LogP contribution in [0.3, 0.4) is 0 Å². The zero-order valence-corrected chi connectivity index (χ0v) is 7.46. The topological polar surface area (TPSA) is 17.1 Å². The average Bonchev–Trinajstić information content (AvgIpc) is 2.28. The molecule has 3 fully saturated rings. The molecule has 0 aliphatic heterocycles. The molecule has 0 saturated heterocycles. The Bertz CT molecular complexity index is 221. The van der Waals surface area contributed by atoms with Crippen LogP contribution in [0.5, 0.6) is 0 Å². The first kappa shape index (κ1) is 7.11. The van der Waals surface area contributed by atoms with Crippen molar-refractivity contribution in [1.82, 2.24) is 0 Å². The lowest BCUT2D eigenvalue weighted by atomic mass is 9.65. The van der Waals surface area contributed by atoms with Crippen molar-refractivity contribution in [2.24, 2.45) is 23.7 Å². The predicted molar refractivity (Wildman–Crippen MR) is 46.7 cm³/mol. The molecule has 1 heteroatoms. The van der Waals surface area contributed by atoms with Crippen LogP contribution in [0.2, 0.25) is 0 Å². The van der Waals surface area contributed by atoms with Crippen LogP contribution in [0.4, 0.5) is 0 Å². The molecule has 0 aromatic rings. The molecule has 12 heavy (non-hydrogen) atoms. The molecule has 0 radical (unpaired) electrons. The number of carbonyl (C=O) groups excluding carboxylic acids is 1. The first-order chi connectivity index (χ1) is 5.86. The largest absolute Gasteiger partial charge is 0.299 e. The SMILES string of the molecule is O=C1CC2CCC3CCCC2C13. The molecule has 66 valence electrons. The quantitative estimate of drug-likeness (QED) is 0.537. The summed E-state index contributed by atoms with van der Waals surface area (Å²) in [4.78, 5) is 11.7. The predicted octanol–water partition coefficient (Wildman–Crippen LogP) is 2.40. The van der Waals surface area contributed by atoms with Gasteiger partial charge in [0.25, 0.3) is 0 Å². The van der Waals surface area contributed by atoms with Crippen molar-refractivity contribution in [3.05, 3.63) is 0 Å². The zero-order valence-electron chi connectivity index (χ0n) is 7.46. The molecule has 3 saturated carbocycles. The van der Waals surface area contributed by atoms with Gasteiger partial charge in [-0.2, -0.15) is 0 Å². The first-order valence-corrected chi connectivity index (χ1v) is 5.39. The maximum atomic E-state index is 11.7. The Morgan fingerprint density at radius 2 is 1.83 bits per heavy atom. The number of hydrogen-bond donors (Lipinski definition) is 0. The van der Waals surface area contributed by atoms with Crippen molar-refractivity contribution in [3.8, 4) is 0 Å². The van der Waals surface area contributed by atoms with Crippen molar-refractivity contribution in [2.45, 2.75) is 38.5 Å². The molecule has 0 heterocycles. The van der Waals surface area contributed by atoms with Crippen molar-refractivity contribution >= 4 is 5.78 Å². The second-order valence-corrected chi connectivity index (χ2v) is 4.89. The van der Waals surface area contributed by atoms with Gasteiger partial charge in [0.1, 0.15) is 5.78 Å². The number of Topliss-reactive ketones (excluding diaryl/α,β-unsaturated/α-hetero) is 1. The molecule has 3 rings (SSSR count). The minimum atomic E-state index is 0.525. The third kappa shape index (κ3) is 0.773. The summed E-state index contributed by atoms with van der Waals surface area (Å²) in [6.45, 7) is 0. The van der Waals surface area contributed by atoms with Gasteiger partial charge in [0.2, 0.25) is 0 Å². The van der Waals surface area contributed by atoms with E-state index in [1.54, 1.807) is 0 Å². The van der Waals surface area contributed by atoms with Crippen molar-refractivity contribution < 1.29 is 4.79 Å². The van der Waals surface area contributed by atoms with E-state index in [0.717, 1.165) is 24.2 Å². The van der Waals surface area contributed by atoms with Crippen LogP contribution < -0.4 is 0 Å². The Morgan fingerprint density at radius 1 is 1.00 bits per heavy atom. The fourth-order valence-corrected chi connectivity index (χ4v) is 3.97. The lowest BCUT2D eigenvalue weighted by Crippen LogP contribution is -2.34. The molecule has 0 spiro atoms. The summed E-state index contributed by atoms with van der Waals surface area (Å²) in [6.07, 6.45) is 7.76. The second-order valence-electron chi connectivity index (χ2n) is 4.89. The third-order valence-corrected chi connectivity index (χ3v) is 4.43. The summed E-state index contributed by atoms with van der Waals surface area (Å²) in [7, 11) is 0. The van der Waals surface area contributed by atoms with Crippen LogP contribution in [0.15, 0.2) is 0 Å². The summed E-state index contributed by atoms with van der Waals surface area (Å²) >= 11 is 0. The fraction of sp³-hybridized carbons (Fsp3) is 0.909. The molecule has 3 aliphatic rings. The number of rotatable bonds is 0. The Hall–Kier alpha value is -0.330. The molecule has 1 nitrogen and oxygen atoms in total. The highest BCUT2D eigenvalue weighted by Crippen LogP contribution is 2.53. The molecule has 4 bridgehead atoms. The van der Waals surface area contributed by atoms with Gasteiger partial charge in [-0.3, -0.25) is 4.79 Å². The van der Waals surface area contributed by atoms with E-state index in [1.807, 2.05) is 0 Å². The lowest BCUT2D eigenvalue weighted by Gasteiger charge is -2.39. The van der Waals surface area contributed by atoms with Gasteiger partial charge in [-0.05, 0) is 43.4 Å². The van der Waals surface area contributed by atoms with Crippen LogP contribution in [-0.2, 0) is 4.79 Å². The monoisotopic (exact) mass is 164 g/mol. The van der Waals surface area contributed by atoms with Crippen molar-refractivity contribution in [1.29, 1.82) is 0 Å². The highest BCUT2D eigenvalue weighted by atomic mass is 16.1. The number of hydrogen-bond acceptors (Lipinski definition) is 1. The van der Waals surface area contributed by atoms with Crippen LogP contribution >= 0.6 is 0 Å². The smallest absolute Gasteiger partial charge is 0.136 e. The Kier molecular flexibility index (Phi) is 1.38. The Labute approximate surface area is 73.5 Å². The average molecular weight is 164 g/mol. The molecule has 3 aliphatic carbocycles. The van der Waals surface area contributed by atoms with Gasteiger partial charge in [-0.1, -0.05) is 6.42 Å². The van der Waals surface area contributed by atoms with E-state index in [-0.39, 0.29) is 0 Å². The van der Waals surface area contributed by atoms with Crippen LogP contribution in [0, 0.1) is 23.7 Å². The van der Waals surface area contributed by atoms with E-state index in [9.17, 15) is 4.79 Å². The summed E-state index contributed by atoms with van der Waals surface area (Å²) in [6, 6.07) is 0. The normalized spacial score (nSPS) is 51.2. The minimum Gasteiger partial charge on any atom is -0.299 e. The van der Waals surface area contributed by atoms with E-state index >= 15 is 0 Å². The molecule has 4 atom stereocenters.